The van der Waals surface area contributed by atoms with E-state index in [0.29, 0.717) is 22.2 Å². The Bertz CT molecular complexity index is 1340. The van der Waals surface area contributed by atoms with Crippen LogP contribution in [0, 0.1) is 10.1 Å². The monoisotopic (exact) mass is 440 g/mol. The molecule has 1 fully saturated rings. The molecule has 0 radical (unpaired) electrons. The van der Waals surface area contributed by atoms with E-state index in [-0.39, 0.29) is 11.6 Å². The molecule has 0 saturated carbocycles. The normalized spacial score (nSPS) is 14.7. The topological polar surface area (TPSA) is 94.8 Å². The Labute approximate surface area is 191 Å². The summed E-state index contributed by atoms with van der Waals surface area (Å²) in [4.78, 5) is 21.2. The van der Waals surface area contributed by atoms with Crippen molar-refractivity contribution in [2.24, 2.45) is 4.99 Å². The Kier molecular flexibility index (Phi) is 5.62. The van der Waals surface area contributed by atoms with Crippen molar-refractivity contribution in [2.45, 2.75) is 19.4 Å². The molecule has 0 unspecified atom stereocenters. The molecule has 7 nitrogen and oxygen atoms in total. The number of aliphatic imine (C=N–C) groups is 1. The fourth-order valence-electron chi connectivity index (χ4n) is 4.43. The molecule has 1 aliphatic rings. The maximum Gasteiger partial charge on any atom is 0.270 e. The zero-order valence-corrected chi connectivity index (χ0v) is 18.1. The first-order chi connectivity index (χ1) is 16.1. The molecule has 2 heterocycles. The highest BCUT2D eigenvalue weighted by molar-refractivity contribution is 6.22. The smallest absolute Gasteiger partial charge is 0.270 e. The van der Waals surface area contributed by atoms with Gasteiger partial charge in [-0.2, -0.15) is 0 Å². The lowest BCUT2D eigenvalue weighted by Gasteiger charge is -2.15. The molecule has 0 spiro atoms. The van der Waals surface area contributed by atoms with Gasteiger partial charge in [0.15, 0.2) is 5.88 Å². The van der Waals surface area contributed by atoms with Gasteiger partial charge in [0.1, 0.15) is 0 Å². The van der Waals surface area contributed by atoms with E-state index < -0.39 is 4.92 Å². The van der Waals surface area contributed by atoms with Gasteiger partial charge in [-0.3, -0.25) is 15.0 Å². The van der Waals surface area contributed by atoms with E-state index >= 15 is 0 Å². The molecule has 1 aromatic heterocycles. The molecule has 33 heavy (non-hydrogen) atoms. The Morgan fingerprint density at radius 1 is 1.03 bits per heavy atom. The minimum absolute atomic E-state index is 0.0391. The number of aromatic amines is 1. The van der Waals surface area contributed by atoms with Crippen molar-refractivity contribution in [3.63, 3.8) is 0 Å². The minimum Gasteiger partial charge on any atom is -0.494 e. The molecule has 0 aliphatic carbocycles. The maximum atomic E-state index is 11.4. The number of hydrogen-bond acceptors (Lipinski definition) is 5. The summed E-state index contributed by atoms with van der Waals surface area (Å²) in [6.45, 7) is 3.12. The number of hydrogen-bond donors (Lipinski definition) is 2. The molecule has 0 bridgehead atoms. The van der Waals surface area contributed by atoms with Gasteiger partial charge in [-0.05, 0) is 49.7 Å². The quantitative estimate of drug-likeness (QED) is 0.234. The number of nitro groups is 1. The zero-order chi connectivity index (χ0) is 22.8. The van der Waals surface area contributed by atoms with Gasteiger partial charge in [0.2, 0.25) is 0 Å². The number of likely N-dealkylation sites (tertiary alicyclic amines) is 1. The first-order valence-corrected chi connectivity index (χ1v) is 11.0. The van der Waals surface area contributed by atoms with E-state index in [1.807, 2.05) is 42.5 Å². The summed E-state index contributed by atoms with van der Waals surface area (Å²) in [5, 5.41) is 22.7. The first kappa shape index (κ1) is 20.9. The second kappa shape index (κ2) is 8.88. The van der Waals surface area contributed by atoms with Crippen LogP contribution in [0.15, 0.2) is 77.8 Å². The summed E-state index contributed by atoms with van der Waals surface area (Å²) in [5.41, 5.74) is 4.34. The van der Waals surface area contributed by atoms with Crippen molar-refractivity contribution in [1.29, 1.82) is 0 Å². The third kappa shape index (κ3) is 4.36. The number of fused-ring (bicyclic) bond motifs is 1. The lowest BCUT2D eigenvalue weighted by atomic mass is 10.0. The highest BCUT2D eigenvalue weighted by Crippen LogP contribution is 2.33. The zero-order valence-electron chi connectivity index (χ0n) is 18.1. The highest BCUT2D eigenvalue weighted by atomic mass is 16.6. The van der Waals surface area contributed by atoms with Gasteiger partial charge in [0.05, 0.1) is 21.9 Å². The van der Waals surface area contributed by atoms with Crippen molar-refractivity contribution >= 4 is 28.0 Å². The second-order valence-corrected chi connectivity index (χ2v) is 8.32. The highest BCUT2D eigenvalue weighted by Gasteiger charge is 2.21. The van der Waals surface area contributed by atoms with Crippen molar-refractivity contribution in [3.05, 3.63) is 99.6 Å². The van der Waals surface area contributed by atoms with Crippen molar-refractivity contribution in [3.8, 4) is 5.88 Å². The van der Waals surface area contributed by atoms with Gasteiger partial charge in [-0.25, -0.2) is 4.99 Å². The number of nitro benzene ring substituents is 1. The summed E-state index contributed by atoms with van der Waals surface area (Å²) in [6.07, 6.45) is 2.48. The standard InChI is InChI=1S/C26H24N4O3/c31-26-24(22-16-21(30(32)33)11-12-23(22)28-26)25(19-8-2-1-3-9-19)27-20-10-6-7-18(15-20)17-29-13-4-5-14-29/h1-3,6-12,15-16,28,31H,4-5,13-14,17H2. The number of H-pyrrole nitrogens is 1. The number of non-ortho nitro benzene ring substituents is 1. The van der Waals surface area contributed by atoms with Gasteiger partial charge in [-0.15, -0.1) is 0 Å². The predicted molar refractivity (Wildman–Crippen MR) is 129 cm³/mol. The first-order valence-electron chi connectivity index (χ1n) is 11.0. The van der Waals surface area contributed by atoms with E-state index in [0.717, 1.165) is 30.9 Å². The summed E-state index contributed by atoms with van der Waals surface area (Å²) >= 11 is 0. The maximum absolute atomic E-state index is 11.4. The van der Waals surface area contributed by atoms with Crippen LogP contribution in [0.4, 0.5) is 11.4 Å². The van der Waals surface area contributed by atoms with E-state index in [1.54, 1.807) is 6.07 Å². The van der Waals surface area contributed by atoms with Crippen LogP contribution in [-0.4, -0.2) is 38.7 Å². The SMILES string of the molecule is O=[N+]([O-])c1ccc2[nH]c(O)c(C(=Nc3cccc(CN4CCCC4)c3)c3ccccc3)c2c1. The predicted octanol–water partition coefficient (Wildman–Crippen LogP) is 5.55. The summed E-state index contributed by atoms with van der Waals surface area (Å²) < 4.78 is 0. The van der Waals surface area contributed by atoms with Gasteiger partial charge in [0, 0.05) is 35.1 Å². The molecular formula is C26H24N4O3. The van der Waals surface area contributed by atoms with Crippen LogP contribution in [0.2, 0.25) is 0 Å². The van der Waals surface area contributed by atoms with E-state index in [1.165, 1.54) is 30.5 Å². The van der Waals surface area contributed by atoms with E-state index in [2.05, 4.69) is 22.0 Å². The van der Waals surface area contributed by atoms with Crippen LogP contribution < -0.4 is 0 Å². The fraction of sp³-hybridized carbons (Fsp3) is 0.192. The molecule has 4 aromatic rings. The summed E-state index contributed by atoms with van der Waals surface area (Å²) in [6, 6.07) is 22.2. The number of benzene rings is 3. The molecule has 166 valence electrons. The van der Waals surface area contributed by atoms with Crippen molar-refractivity contribution in [2.75, 3.05) is 13.1 Å². The summed E-state index contributed by atoms with van der Waals surface area (Å²) in [7, 11) is 0. The Morgan fingerprint density at radius 2 is 1.82 bits per heavy atom. The minimum atomic E-state index is -0.436. The number of nitrogens with zero attached hydrogens (tertiary/aromatic N) is 3. The number of aromatic nitrogens is 1. The second-order valence-electron chi connectivity index (χ2n) is 8.32. The average molecular weight is 441 g/mol. The Hall–Kier alpha value is -3.97. The lowest BCUT2D eigenvalue weighted by molar-refractivity contribution is -0.384. The van der Waals surface area contributed by atoms with E-state index in [4.69, 9.17) is 4.99 Å². The van der Waals surface area contributed by atoms with Crippen LogP contribution >= 0.6 is 0 Å². The molecule has 3 aromatic carbocycles. The van der Waals surface area contributed by atoms with Gasteiger partial charge < -0.3 is 10.1 Å². The largest absolute Gasteiger partial charge is 0.494 e. The van der Waals surface area contributed by atoms with Crippen LogP contribution in [0.3, 0.4) is 0 Å². The van der Waals surface area contributed by atoms with Crippen molar-refractivity contribution < 1.29 is 10.0 Å². The Morgan fingerprint density at radius 3 is 2.58 bits per heavy atom. The number of aromatic hydroxyl groups is 1. The molecule has 1 aliphatic heterocycles. The molecular weight excluding hydrogens is 416 g/mol. The lowest BCUT2D eigenvalue weighted by Crippen LogP contribution is -2.18. The number of rotatable bonds is 6. The molecule has 0 amide bonds. The van der Waals surface area contributed by atoms with Gasteiger partial charge >= 0.3 is 0 Å². The third-order valence-electron chi connectivity index (χ3n) is 6.01. The summed E-state index contributed by atoms with van der Waals surface area (Å²) in [5.74, 6) is -0.0682. The third-order valence-corrected chi connectivity index (χ3v) is 6.01. The van der Waals surface area contributed by atoms with Gasteiger partial charge in [0.25, 0.3) is 5.69 Å². The fourth-order valence-corrected chi connectivity index (χ4v) is 4.43. The molecule has 0 atom stereocenters. The van der Waals surface area contributed by atoms with Crippen LogP contribution in [0.1, 0.15) is 29.5 Å². The van der Waals surface area contributed by atoms with Crippen LogP contribution in [0.5, 0.6) is 5.88 Å². The molecule has 5 rings (SSSR count). The molecule has 1 saturated heterocycles. The van der Waals surface area contributed by atoms with Crippen molar-refractivity contribution in [1.82, 2.24) is 9.88 Å². The van der Waals surface area contributed by atoms with E-state index in [9.17, 15) is 15.2 Å². The Balaban J connectivity index is 1.64. The van der Waals surface area contributed by atoms with Crippen LogP contribution in [-0.2, 0) is 6.54 Å². The van der Waals surface area contributed by atoms with Crippen LogP contribution in [0.25, 0.3) is 10.9 Å². The molecule has 7 heteroatoms. The molecule has 2 N–H and O–H groups in total. The van der Waals surface area contributed by atoms with Gasteiger partial charge in [-0.1, -0.05) is 42.5 Å². The number of nitrogens with one attached hydrogen (secondary N) is 1. The average Bonchev–Trinajstić information content (AvgIpc) is 3.44.